The number of hydrogen-bond donors (Lipinski definition) is 12. The summed E-state index contributed by atoms with van der Waals surface area (Å²) in [6.45, 7) is 1.52. The molecule has 0 aliphatic carbocycles. The van der Waals surface area contributed by atoms with Crippen LogP contribution in [0.1, 0.15) is 162 Å². The quantitative estimate of drug-likeness (QED) is 0.0255. The number of unbranched alkanes of at least 4 members (excludes halogenated alkanes) is 13. The highest BCUT2D eigenvalue weighted by Crippen LogP contribution is 2.33. The number of hydrogen-bond acceptors (Lipinski definition) is 18. The first-order valence-electron chi connectivity index (χ1n) is 30.5. The summed E-state index contributed by atoms with van der Waals surface area (Å²) in [5, 5.41) is 120. The molecule has 0 aromatic rings. The predicted molar refractivity (Wildman–Crippen MR) is 314 cm³/mol. The Morgan fingerprint density at radius 3 is 1.37 bits per heavy atom. The molecule has 0 radical (unpaired) electrons. The van der Waals surface area contributed by atoms with E-state index in [1.807, 2.05) is 6.08 Å². The lowest BCUT2D eigenvalue weighted by molar-refractivity contribution is -0.379. The molecule has 0 aromatic carbocycles. The average Bonchev–Trinajstić information content (AvgIpc) is 3.14. The van der Waals surface area contributed by atoms with Gasteiger partial charge in [-0.3, -0.25) is 4.79 Å². The van der Waals surface area contributed by atoms with Crippen molar-refractivity contribution in [2.75, 3.05) is 26.4 Å². The Morgan fingerprint density at radius 2 is 0.854 bits per heavy atom. The maximum atomic E-state index is 13.3. The zero-order valence-electron chi connectivity index (χ0n) is 48.9. The van der Waals surface area contributed by atoms with E-state index in [1.54, 1.807) is 6.08 Å². The molecule has 19 heteroatoms. The zero-order valence-corrected chi connectivity index (χ0v) is 48.9. The molecule has 0 aromatic heterocycles. The number of ether oxygens (including phenoxy) is 6. The maximum absolute atomic E-state index is 13.3. The van der Waals surface area contributed by atoms with Crippen molar-refractivity contribution in [2.45, 2.75) is 266 Å². The molecule has 1 amide bonds. The largest absolute Gasteiger partial charge is 0.394 e. The molecule has 82 heavy (non-hydrogen) atoms. The molecule has 3 fully saturated rings. The van der Waals surface area contributed by atoms with Crippen molar-refractivity contribution in [3.05, 3.63) is 97.2 Å². The minimum absolute atomic E-state index is 0.213. The van der Waals surface area contributed by atoms with Gasteiger partial charge in [-0.05, 0) is 89.9 Å². The molecule has 3 aliphatic rings. The van der Waals surface area contributed by atoms with E-state index in [9.17, 15) is 61.0 Å². The molecule has 3 rings (SSSR count). The first-order valence-corrected chi connectivity index (χ1v) is 30.5. The van der Waals surface area contributed by atoms with Gasteiger partial charge in [0, 0.05) is 6.42 Å². The minimum atomic E-state index is -1.99. The minimum Gasteiger partial charge on any atom is -0.394 e. The highest BCUT2D eigenvalue weighted by molar-refractivity contribution is 5.76. The van der Waals surface area contributed by atoms with Crippen LogP contribution in [0, 0.1) is 0 Å². The number of amides is 1. The Kier molecular flexibility index (Phi) is 40.1. The zero-order chi connectivity index (χ0) is 59.7. The van der Waals surface area contributed by atoms with E-state index in [0.717, 1.165) is 103 Å². The third-order valence-corrected chi connectivity index (χ3v) is 14.6. The molecule has 3 aliphatic heterocycles. The normalized spacial score (nSPS) is 30.3. The second-order valence-corrected chi connectivity index (χ2v) is 21.4. The Balaban J connectivity index is 1.50. The number of allylic oxidation sites excluding steroid dienone is 15. The summed E-state index contributed by atoms with van der Waals surface area (Å²) in [6, 6.07) is -1.01. The van der Waals surface area contributed by atoms with Crippen LogP contribution in [-0.4, -0.2) is 193 Å². The van der Waals surface area contributed by atoms with E-state index in [2.05, 4.69) is 104 Å². The van der Waals surface area contributed by atoms with Gasteiger partial charge in [-0.2, -0.15) is 0 Å². The SMILES string of the molecule is CC/C=C\C/C=C\C/C=C\C/C=C\C/C=C\CCCCCCCCCC(=O)NC(COC1OC(CO)C(OC2OC(CO)C(OC3OC(CO)C(O)C(O)C3O)C(O)C2O)C(O)C1O)C(O)/C=C/CC/C=C/CC/C=C/CCCCCC. The van der Waals surface area contributed by atoms with Gasteiger partial charge in [0.05, 0.1) is 38.6 Å². The molecule has 19 nitrogen and oxygen atoms in total. The Morgan fingerprint density at radius 1 is 0.451 bits per heavy atom. The first kappa shape index (κ1) is 73.0. The summed E-state index contributed by atoms with van der Waals surface area (Å²) in [4.78, 5) is 13.3. The average molecular weight is 1160 g/mol. The molecule has 12 N–H and O–H groups in total. The fourth-order valence-electron chi connectivity index (χ4n) is 9.60. The summed E-state index contributed by atoms with van der Waals surface area (Å²) >= 11 is 0. The van der Waals surface area contributed by atoms with E-state index in [4.69, 9.17) is 28.4 Å². The van der Waals surface area contributed by atoms with E-state index in [-0.39, 0.29) is 18.9 Å². The summed E-state index contributed by atoms with van der Waals surface area (Å²) in [7, 11) is 0. The number of nitrogens with one attached hydrogen (secondary N) is 1. The lowest BCUT2D eigenvalue weighted by Crippen LogP contribution is -2.66. The van der Waals surface area contributed by atoms with Crippen molar-refractivity contribution in [1.29, 1.82) is 0 Å². The van der Waals surface area contributed by atoms with Gasteiger partial charge in [0.25, 0.3) is 0 Å². The lowest BCUT2D eigenvalue weighted by atomic mass is 9.96. The van der Waals surface area contributed by atoms with Gasteiger partial charge < -0.3 is 89.9 Å². The predicted octanol–water partition coefficient (Wildman–Crippen LogP) is 5.76. The molecule has 0 spiro atoms. The second kappa shape index (κ2) is 45.1. The number of carbonyl (C=O) groups is 1. The fourth-order valence-corrected chi connectivity index (χ4v) is 9.60. The topological polar surface area (TPSA) is 307 Å². The van der Waals surface area contributed by atoms with Crippen LogP contribution in [-0.2, 0) is 33.2 Å². The molecule has 0 saturated carbocycles. The molecule has 17 unspecified atom stereocenters. The molecular weight excluding hydrogens is 1060 g/mol. The van der Waals surface area contributed by atoms with Crippen molar-refractivity contribution in [2.24, 2.45) is 0 Å². The number of aliphatic hydroxyl groups is 11. The maximum Gasteiger partial charge on any atom is 0.220 e. The third kappa shape index (κ3) is 28.3. The molecule has 17 atom stereocenters. The summed E-state index contributed by atoms with van der Waals surface area (Å²) in [5.41, 5.74) is 0. The first-order chi connectivity index (χ1) is 39.8. The van der Waals surface area contributed by atoms with Gasteiger partial charge in [-0.1, -0.05) is 162 Å². The smallest absolute Gasteiger partial charge is 0.220 e. The van der Waals surface area contributed by atoms with Gasteiger partial charge in [0.2, 0.25) is 5.91 Å². The van der Waals surface area contributed by atoms with Crippen molar-refractivity contribution in [1.82, 2.24) is 5.32 Å². The summed E-state index contributed by atoms with van der Waals surface area (Å²) in [5.74, 6) is -0.307. The van der Waals surface area contributed by atoms with Crippen molar-refractivity contribution in [3.8, 4) is 0 Å². The van der Waals surface area contributed by atoms with Crippen LogP contribution < -0.4 is 5.32 Å². The summed E-state index contributed by atoms with van der Waals surface area (Å²) < 4.78 is 34.2. The van der Waals surface area contributed by atoms with E-state index in [1.165, 1.54) is 25.7 Å². The molecular formula is C63H105NO18. The van der Waals surface area contributed by atoms with Gasteiger partial charge in [0.1, 0.15) is 73.2 Å². The third-order valence-electron chi connectivity index (χ3n) is 14.6. The van der Waals surface area contributed by atoms with Gasteiger partial charge in [-0.25, -0.2) is 0 Å². The Labute approximate surface area is 488 Å². The standard InChI is InChI=1S/C63H105NO18/c1-3-5-7-9-11-13-15-17-19-20-21-22-23-24-25-26-27-29-31-33-35-37-39-41-51(69)64-46(47(68)40-38-36-34-32-30-28-18-16-14-12-10-8-6-4-2)45-77-61-57(75)54(72)59(49(43-66)79-61)82-63-58(76)55(73)60(50(44-67)80-63)81-62-56(74)53(71)52(70)48(42-65)78-62/h5,7,11,13-14,16-17,19,21-22,24-25,30,32,38,40,46-50,52-63,65-68,70-76H,3-4,6,8-10,12,15,18,20,23,26-29,31,33-37,39,41-45H2,1-2H3,(H,64,69)/b7-5-,13-11-,16-14+,19-17-,22-21-,25-24-,32-30+,40-38+. The van der Waals surface area contributed by atoms with Crippen LogP contribution in [0.15, 0.2) is 97.2 Å². The van der Waals surface area contributed by atoms with Crippen LogP contribution in [0.5, 0.6) is 0 Å². The second-order valence-electron chi connectivity index (χ2n) is 21.4. The highest BCUT2D eigenvalue weighted by Gasteiger charge is 2.53. The van der Waals surface area contributed by atoms with Crippen LogP contribution in [0.4, 0.5) is 0 Å². The number of carbonyl (C=O) groups excluding carboxylic acids is 1. The molecule has 0 bridgehead atoms. The van der Waals surface area contributed by atoms with E-state index in [0.29, 0.717) is 12.8 Å². The molecule has 470 valence electrons. The monoisotopic (exact) mass is 1160 g/mol. The van der Waals surface area contributed by atoms with Gasteiger partial charge in [0.15, 0.2) is 18.9 Å². The van der Waals surface area contributed by atoms with Gasteiger partial charge >= 0.3 is 0 Å². The van der Waals surface area contributed by atoms with Crippen LogP contribution in [0.3, 0.4) is 0 Å². The fraction of sp³-hybridized carbons (Fsp3) is 0.730. The number of aliphatic hydroxyl groups excluding tert-OH is 11. The van der Waals surface area contributed by atoms with Gasteiger partial charge in [-0.15, -0.1) is 0 Å². The highest BCUT2D eigenvalue weighted by atomic mass is 16.8. The van der Waals surface area contributed by atoms with Crippen LogP contribution in [0.25, 0.3) is 0 Å². The Hall–Kier alpha value is -3.29. The molecule has 3 heterocycles. The van der Waals surface area contributed by atoms with Crippen molar-refractivity contribution >= 4 is 5.91 Å². The van der Waals surface area contributed by atoms with Crippen molar-refractivity contribution in [3.63, 3.8) is 0 Å². The van der Waals surface area contributed by atoms with Crippen LogP contribution in [0.2, 0.25) is 0 Å². The van der Waals surface area contributed by atoms with E-state index >= 15 is 0 Å². The molecule has 3 saturated heterocycles. The van der Waals surface area contributed by atoms with Crippen LogP contribution >= 0.6 is 0 Å². The summed E-state index contributed by atoms with van der Waals surface area (Å²) in [6.07, 6.45) is 29.5. The van der Waals surface area contributed by atoms with Crippen molar-refractivity contribution < 1.29 is 89.4 Å². The Bertz CT molecular complexity index is 1870. The number of rotatable bonds is 43. The van der Waals surface area contributed by atoms with E-state index < -0.39 is 124 Å². The lowest BCUT2D eigenvalue weighted by Gasteiger charge is -2.48.